The molecule has 1 aromatic heterocycles. The van der Waals surface area contributed by atoms with Gasteiger partial charge >= 0.3 is 0 Å². The average molecular weight is 375 g/mol. The maximum Gasteiger partial charge on any atom is 0.232 e. The molecule has 3 aromatic rings. The third-order valence-corrected chi connectivity index (χ3v) is 5.38. The van der Waals surface area contributed by atoms with Gasteiger partial charge in [-0.05, 0) is 30.9 Å². The summed E-state index contributed by atoms with van der Waals surface area (Å²) in [5.74, 6) is 1.27. The van der Waals surface area contributed by atoms with E-state index in [-0.39, 0.29) is 11.8 Å². The largest absolute Gasteiger partial charge is 0.342 e. The van der Waals surface area contributed by atoms with E-state index in [0.717, 1.165) is 24.9 Å². The Morgan fingerprint density at radius 3 is 2.71 bits per heavy atom. The van der Waals surface area contributed by atoms with Crippen molar-refractivity contribution in [2.45, 2.75) is 39.0 Å². The Labute approximate surface area is 165 Å². The molecule has 0 radical (unpaired) electrons. The van der Waals surface area contributed by atoms with E-state index in [9.17, 15) is 4.79 Å². The first kappa shape index (κ1) is 18.4. The van der Waals surface area contributed by atoms with Gasteiger partial charge in [0.15, 0.2) is 0 Å². The Morgan fingerprint density at radius 2 is 1.96 bits per heavy atom. The highest BCUT2D eigenvalue weighted by molar-refractivity contribution is 5.79. The molecule has 1 unspecified atom stereocenters. The van der Waals surface area contributed by atoms with Gasteiger partial charge in [-0.1, -0.05) is 66.2 Å². The fourth-order valence-electron chi connectivity index (χ4n) is 3.69. The van der Waals surface area contributed by atoms with Gasteiger partial charge in [-0.25, -0.2) is 0 Å². The Kier molecular flexibility index (Phi) is 5.24. The van der Waals surface area contributed by atoms with Crippen molar-refractivity contribution < 1.29 is 9.32 Å². The Bertz CT molecular complexity index is 962. The molecule has 28 heavy (non-hydrogen) atoms. The van der Waals surface area contributed by atoms with Gasteiger partial charge in [-0.2, -0.15) is 4.98 Å². The molecule has 1 saturated heterocycles. The van der Waals surface area contributed by atoms with E-state index in [1.807, 2.05) is 17.0 Å². The van der Waals surface area contributed by atoms with Gasteiger partial charge in [0.25, 0.3) is 0 Å². The summed E-state index contributed by atoms with van der Waals surface area (Å²) in [5, 5.41) is 4.12. The standard InChI is InChI=1S/C23H25N3O2/c1-3-17-7-9-19(10-8-17)22-24-23(28-25-22)20-14-21(27)26(15-20)12-11-18-6-4-5-16(2)13-18/h4-10,13,20H,3,11-12,14-15H2,1-2H3. The van der Waals surface area contributed by atoms with E-state index < -0.39 is 0 Å². The first-order valence-corrected chi connectivity index (χ1v) is 9.88. The molecule has 0 N–H and O–H groups in total. The van der Waals surface area contributed by atoms with Crippen LogP contribution in [-0.4, -0.2) is 34.0 Å². The minimum absolute atomic E-state index is 0.0267. The zero-order valence-corrected chi connectivity index (χ0v) is 16.4. The molecule has 1 fully saturated rings. The second kappa shape index (κ2) is 7.97. The van der Waals surface area contributed by atoms with Crippen LogP contribution >= 0.6 is 0 Å². The highest BCUT2D eigenvalue weighted by Gasteiger charge is 2.34. The number of carbonyl (C=O) groups excluding carboxylic acids is 1. The van der Waals surface area contributed by atoms with E-state index in [1.165, 1.54) is 16.7 Å². The summed E-state index contributed by atoms with van der Waals surface area (Å²) >= 11 is 0. The van der Waals surface area contributed by atoms with Crippen molar-refractivity contribution in [3.63, 3.8) is 0 Å². The second-order valence-electron chi connectivity index (χ2n) is 7.49. The van der Waals surface area contributed by atoms with Crippen LogP contribution in [-0.2, 0) is 17.6 Å². The number of aryl methyl sites for hydroxylation is 2. The molecule has 0 aliphatic carbocycles. The fourth-order valence-corrected chi connectivity index (χ4v) is 3.69. The number of carbonyl (C=O) groups is 1. The van der Waals surface area contributed by atoms with Crippen LogP contribution in [0.5, 0.6) is 0 Å². The summed E-state index contributed by atoms with van der Waals surface area (Å²) in [5.41, 5.74) is 4.71. The molecule has 5 nitrogen and oxygen atoms in total. The first-order chi connectivity index (χ1) is 13.6. The number of hydrogen-bond acceptors (Lipinski definition) is 4. The minimum Gasteiger partial charge on any atom is -0.342 e. The SMILES string of the molecule is CCc1ccc(-c2noc(C3CC(=O)N(CCc4cccc(C)c4)C3)n2)cc1. The lowest BCUT2D eigenvalue weighted by Gasteiger charge is -2.16. The van der Waals surface area contributed by atoms with E-state index in [2.05, 4.69) is 60.4 Å². The maximum absolute atomic E-state index is 12.4. The highest BCUT2D eigenvalue weighted by atomic mass is 16.5. The zero-order valence-electron chi connectivity index (χ0n) is 16.4. The summed E-state index contributed by atoms with van der Waals surface area (Å²) in [6, 6.07) is 16.6. The smallest absolute Gasteiger partial charge is 0.232 e. The minimum atomic E-state index is -0.0267. The molecule has 1 atom stereocenters. The van der Waals surface area contributed by atoms with Crippen molar-refractivity contribution in [3.8, 4) is 11.4 Å². The normalized spacial score (nSPS) is 16.7. The van der Waals surface area contributed by atoms with Crippen LogP contribution in [0.4, 0.5) is 0 Å². The van der Waals surface area contributed by atoms with Crippen molar-refractivity contribution in [2.24, 2.45) is 0 Å². The number of nitrogens with zero attached hydrogens (tertiary/aromatic N) is 3. The molecule has 4 rings (SSSR count). The van der Waals surface area contributed by atoms with Crippen molar-refractivity contribution >= 4 is 5.91 Å². The summed E-state index contributed by atoms with van der Waals surface area (Å²) in [4.78, 5) is 18.9. The highest BCUT2D eigenvalue weighted by Crippen LogP contribution is 2.29. The van der Waals surface area contributed by atoms with Gasteiger partial charge in [0.05, 0.1) is 5.92 Å². The van der Waals surface area contributed by atoms with Crippen LogP contribution in [0.3, 0.4) is 0 Å². The summed E-state index contributed by atoms with van der Waals surface area (Å²) < 4.78 is 5.49. The van der Waals surface area contributed by atoms with Crippen molar-refractivity contribution in [1.29, 1.82) is 0 Å². The zero-order chi connectivity index (χ0) is 19.5. The van der Waals surface area contributed by atoms with Crippen LogP contribution in [0.15, 0.2) is 53.1 Å². The monoisotopic (exact) mass is 375 g/mol. The summed E-state index contributed by atoms with van der Waals surface area (Å²) in [7, 11) is 0. The van der Waals surface area contributed by atoms with Crippen LogP contribution in [0.25, 0.3) is 11.4 Å². The molecule has 2 heterocycles. The second-order valence-corrected chi connectivity index (χ2v) is 7.49. The lowest BCUT2D eigenvalue weighted by Crippen LogP contribution is -2.27. The van der Waals surface area contributed by atoms with Crippen LogP contribution in [0, 0.1) is 6.92 Å². The lowest BCUT2D eigenvalue weighted by atomic mass is 10.1. The van der Waals surface area contributed by atoms with E-state index >= 15 is 0 Å². The summed E-state index contributed by atoms with van der Waals surface area (Å²) in [6.45, 7) is 5.58. The summed E-state index contributed by atoms with van der Waals surface area (Å²) in [6.07, 6.45) is 2.30. The topological polar surface area (TPSA) is 59.2 Å². The molecule has 144 valence electrons. The quantitative estimate of drug-likeness (QED) is 0.649. The molecule has 1 aliphatic heterocycles. The average Bonchev–Trinajstić information content (AvgIpc) is 3.33. The first-order valence-electron chi connectivity index (χ1n) is 9.88. The fraction of sp³-hybridized carbons (Fsp3) is 0.348. The van der Waals surface area contributed by atoms with Gasteiger partial charge < -0.3 is 9.42 Å². The van der Waals surface area contributed by atoms with E-state index in [4.69, 9.17) is 4.52 Å². The number of aromatic nitrogens is 2. The molecule has 0 bridgehead atoms. The van der Waals surface area contributed by atoms with Crippen molar-refractivity contribution in [1.82, 2.24) is 15.0 Å². The molecular weight excluding hydrogens is 350 g/mol. The Balaban J connectivity index is 1.40. The van der Waals surface area contributed by atoms with Gasteiger partial charge in [0, 0.05) is 25.1 Å². The van der Waals surface area contributed by atoms with Crippen molar-refractivity contribution in [2.75, 3.05) is 13.1 Å². The van der Waals surface area contributed by atoms with Gasteiger partial charge in [0.1, 0.15) is 0 Å². The van der Waals surface area contributed by atoms with Gasteiger partial charge in [-0.3, -0.25) is 4.79 Å². The molecule has 0 spiro atoms. The molecule has 2 aromatic carbocycles. The molecule has 1 amide bonds. The predicted molar refractivity (Wildman–Crippen MR) is 108 cm³/mol. The van der Waals surface area contributed by atoms with Crippen LogP contribution < -0.4 is 0 Å². The molecule has 0 saturated carbocycles. The number of rotatable bonds is 6. The van der Waals surface area contributed by atoms with Gasteiger partial charge in [-0.15, -0.1) is 0 Å². The van der Waals surface area contributed by atoms with Gasteiger partial charge in [0.2, 0.25) is 17.6 Å². The van der Waals surface area contributed by atoms with E-state index in [1.54, 1.807) is 0 Å². The molecule has 5 heteroatoms. The molecular formula is C23H25N3O2. The number of amides is 1. The number of likely N-dealkylation sites (tertiary alicyclic amines) is 1. The number of hydrogen-bond donors (Lipinski definition) is 0. The molecule has 1 aliphatic rings. The van der Waals surface area contributed by atoms with Crippen LogP contribution in [0.2, 0.25) is 0 Å². The Hall–Kier alpha value is -2.95. The third-order valence-electron chi connectivity index (χ3n) is 5.38. The third kappa shape index (κ3) is 3.98. The van der Waals surface area contributed by atoms with E-state index in [0.29, 0.717) is 24.7 Å². The lowest BCUT2D eigenvalue weighted by molar-refractivity contribution is -0.127. The van der Waals surface area contributed by atoms with Crippen molar-refractivity contribution in [3.05, 3.63) is 71.1 Å². The number of benzene rings is 2. The van der Waals surface area contributed by atoms with Crippen LogP contribution in [0.1, 0.15) is 41.8 Å². The predicted octanol–water partition coefficient (Wildman–Crippen LogP) is 4.17. The maximum atomic E-state index is 12.4. The Morgan fingerprint density at radius 1 is 1.14 bits per heavy atom.